The lowest BCUT2D eigenvalue weighted by Gasteiger charge is -2.33. The van der Waals surface area contributed by atoms with E-state index in [1.165, 1.54) is 4.31 Å². The topological polar surface area (TPSA) is 96.6 Å². The van der Waals surface area contributed by atoms with Crippen molar-refractivity contribution in [3.8, 4) is 11.3 Å². The number of hydrogen-bond donors (Lipinski definition) is 1. The summed E-state index contributed by atoms with van der Waals surface area (Å²) >= 11 is 5.85. The highest BCUT2D eigenvalue weighted by atomic mass is 35.5. The van der Waals surface area contributed by atoms with Crippen molar-refractivity contribution in [3.63, 3.8) is 0 Å². The molecule has 1 aromatic heterocycles. The van der Waals surface area contributed by atoms with Crippen LogP contribution in [0.15, 0.2) is 42.6 Å². The summed E-state index contributed by atoms with van der Waals surface area (Å²) in [5.41, 5.74) is 2.06. The Morgan fingerprint density at radius 2 is 1.84 bits per heavy atom. The number of nitrogens with two attached hydrogens (primary N) is 1. The van der Waals surface area contributed by atoms with Crippen molar-refractivity contribution in [2.45, 2.75) is 0 Å². The van der Waals surface area contributed by atoms with Gasteiger partial charge in [-0.15, -0.1) is 0 Å². The van der Waals surface area contributed by atoms with Crippen molar-refractivity contribution < 1.29 is 13.2 Å². The number of carbonyl (C=O) groups excluding carboxylic acids is 1. The second-order valence-electron chi connectivity index (χ2n) is 5.68. The summed E-state index contributed by atoms with van der Waals surface area (Å²) in [6, 6.07) is 10.7. The van der Waals surface area contributed by atoms with E-state index in [9.17, 15) is 13.2 Å². The maximum atomic E-state index is 12.7. The van der Waals surface area contributed by atoms with Crippen molar-refractivity contribution in [3.05, 3.63) is 53.2 Å². The van der Waals surface area contributed by atoms with Crippen LogP contribution in [0.25, 0.3) is 11.3 Å². The van der Waals surface area contributed by atoms with E-state index in [0.29, 0.717) is 23.7 Å². The highest BCUT2D eigenvalue weighted by Gasteiger charge is 2.27. The van der Waals surface area contributed by atoms with Crippen LogP contribution in [-0.4, -0.2) is 54.7 Å². The van der Waals surface area contributed by atoms with Crippen LogP contribution in [0.4, 0.5) is 0 Å². The molecule has 1 saturated heterocycles. The molecular weight excluding hydrogens is 364 g/mol. The number of carbonyl (C=O) groups is 1. The van der Waals surface area contributed by atoms with Crippen LogP contribution in [0.2, 0.25) is 5.02 Å². The molecule has 1 aromatic carbocycles. The quantitative estimate of drug-likeness (QED) is 0.869. The number of aromatic nitrogens is 1. The number of rotatable bonds is 3. The fraction of sp³-hybridized carbons (Fsp3) is 0.250. The average Bonchev–Trinajstić information content (AvgIpc) is 2.61. The van der Waals surface area contributed by atoms with Crippen LogP contribution in [-0.2, 0) is 10.2 Å². The highest BCUT2D eigenvalue weighted by molar-refractivity contribution is 7.86. The molecule has 2 N–H and O–H groups in total. The maximum absolute atomic E-state index is 12.7. The van der Waals surface area contributed by atoms with Crippen molar-refractivity contribution >= 4 is 27.7 Å². The summed E-state index contributed by atoms with van der Waals surface area (Å²) in [5.74, 6) is -0.148. The molecule has 0 spiro atoms. The molecular formula is C16H17ClN4O3S. The molecule has 0 aliphatic carbocycles. The zero-order chi connectivity index (χ0) is 18.0. The van der Waals surface area contributed by atoms with Gasteiger partial charge in [0.1, 0.15) is 0 Å². The minimum absolute atomic E-state index is 0.148. The summed E-state index contributed by atoms with van der Waals surface area (Å²) in [5, 5.41) is 5.66. The Bertz CT molecular complexity index is 879. The van der Waals surface area contributed by atoms with E-state index in [0.717, 1.165) is 11.3 Å². The predicted octanol–water partition coefficient (Wildman–Crippen LogP) is 1.36. The van der Waals surface area contributed by atoms with E-state index < -0.39 is 10.2 Å². The average molecular weight is 381 g/mol. The Kier molecular flexibility index (Phi) is 5.05. The molecule has 132 valence electrons. The summed E-state index contributed by atoms with van der Waals surface area (Å²) < 4.78 is 23.9. The van der Waals surface area contributed by atoms with Gasteiger partial charge in [-0.2, -0.15) is 12.7 Å². The first-order valence-corrected chi connectivity index (χ1v) is 9.52. The van der Waals surface area contributed by atoms with Gasteiger partial charge in [-0.1, -0.05) is 23.7 Å². The molecule has 3 rings (SSSR count). The first-order chi connectivity index (χ1) is 11.8. The Morgan fingerprint density at radius 3 is 2.44 bits per heavy atom. The van der Waals surface area contributed by atoms with Gasteiger partial charge in [-0.3, -0.25) is 9.78 Å². The molecule has 0 bridgehead atoms. The van der Waals surface area contributed by atoms with Crippen LogP contribution in [0.3, 0.4) is 0 Å². The zero-order valence-electron chi connectivity index (χ0n) is 13.3. The van der Waals surface area contributed by atoms with Gasteiger partial charge < -0.3 is 4.90 Å². The fourth-order valence-electron chi connectivity index (χ4n) is 2.69. The molecule has 1 fully saturated rings. The third-order valence-electron chi connectivity index (χ3n) is 4.02. The Hall–Kier alpha value is -2.00. The van der Waals surface area contributed by atoms with Crippen molar-refractivity contribution in [2.24, 2.45) is 5.14 Å². The lowest BCUT2D eigenvalue weighted by molar-refractivity contribution is 0.0698. The molecule has 1 aliphatic heterocycles. The molecule has 2 heterocycles. The first-order valence-electron chi connectivity index (χ1n) is 7.64. The molecule has 25 heavy (non-hydrogen) atoms. The Labute approximate surface area is 151 Å². The second-order valence-corrected chi connectivity index (χ2v) is 7.66. The minimum Gasteiger partial charge on any atom is -0.336 e. The van der Waals surface area contributed by atoms with Gasteiger partial charge in [0.25, 0.3) is 16.1 Å². The number of piperazine rings is 1. The van der Waals surface area contributed by atoms with Crippen LogP contribution >= 0.6 is 11.6 Å². The predicted molar refractivity (Wildman–Crippen MR) is 95.3 cm³/mol. The molecule has 0 atom stereocenters. The zero-order valence-corrected chi connectivity index (χ0v) is 14.9. The molecule has 1 amide bonds. The van der Waals surface area contributed by atoms with Crippen LogP contribution in [0.1, 0.15) is 10.4 Å². The van der Waals surface area contributed by atoms with E-state index in [2.05, 4.69) is 4.98 Å². The third kappa shape index (κ3) is 4.16. The van der Waals surface area contributed by atoms with Gasteiger partial charge in [0.15, 0.2) is 0 Å². The molecule has 0 saturated carbocycles. The van der Waals surface area contributed by atoms with E-state index in [4.69, 9.17) is 16.7 Å². The van der Waals surface area contributed by atoms with Crippen molar-refractivity contribution in [1.82, 2.24) is 14.2 Å². The number of amides is 1. The first kappa shape index (κ1) is 17.8. The SMILES string of the molecule is NS(=O)(=O)N1CCN(C(=O)c2cccc(-c3ccc(Cl)cn3)c2)CC1. The van der Waals surface area contributed by atoms with Gasteiger partial charge in [0, 0.05) is 43.5 Å². The van der Waals surface area contributed by atoms with Gasteiger partial charge in [-0.05, 0) is 24.3 Å². The van der Waals surface area contributed by atoms with Gasteiger partial charge in [-0.25, -0.2) is 5.14 Å². The largest absolute Gasteiger partial charge is 0.336 e. The van der Waals surface area contributed by atoms with Gasteiger partial charge in [0.2, 0.25) is 0 Å². The summed E-state index contributed by atoms with van der Waals surface area (Å²) in [7, 11) is -3.71. The third-order valence-corrected chi connectivity index (χ3v) is 5.33. The molecule has 9 heteroatoms. The Morgan fingerprint density at radius 1 is 1.12 bits per heavy atom. The smallest absolute Gasteiger partial charge is 0.277 e. The monoisotopic (exact) mass is 380 g/mol. The van der Waals surface area contributed by atoms with Crippen LogP contribution < -0.4 is 5.14 Å². The maximum Gasteiger partial charge on any atom is 0.277 e. The second kappa shape index (κ2) is 7.09. The lowest BCUT2D eigenvalue weighted by atomic mass is 10.1. The fourth-order valence-corrected chi connectivity index (χ4v) is 3.47. The van der Waals surface area contributed by atoms with E-state index in [1.54, 1.807) is 41.4 Å². The molecule has 2 aromatic rings. The summed E-state index contributed by atoms with van der Waals surface area (Å²) in [4.78, 5) is 18.6. The molecule has 0 radical (unpaired) electrons. The van der Waals surface area contributed by atoms with Crippen molar-refractivity contribution in [1.29, 1.82) is 0 Å². The summed E-state index contributed by atoms with van der Waals surface area (Å²) in [6.07, 6.45) is 1.55. The van der Waals surface area contributed by atoms with Crippen molar-refractivity contribution in [2.75, 3.05) is 26.2 Å². The van der Waals surface area contributed by atoms with Gasteiger partial charge >= 0.3 is 0 Å². The molecule has 7 nitrogen and oxygen atoms in total. The van der Waals surface area contributed by atoms with E-state index in [-0.39, 0.29) is 19.0 Å². The number of benzene rings is 1. The lowest BCUT2D eigenvalue weighted by Crippen LogP contribution is -2.52. The van der Waals surface area contributed by atoms with Crippen LogP contribution in [0, 0.1) is 0 Å². The Balaban J connectivity index is 1.75. The summed E-state index contributed by atoms with van der Waals surface area (Å²) in [6.45, 7) is 1.00. The van der Waals surface area contributed by atoms with Crippen LogP contribution in [0.5, 0.6) is 0 Å². The van der Waals surface area contributed by atoms with Gasteiger partial charge in [0.05, 0.1) is 10.7 Å². The highest BCUT2D eigenvalue weighted by Crippen LogP contribution is 2.21. The normalized spacial score (nSPS) is 16.0. The van der Waals surface area contributed by atoms with E-state index in [1.807, 2.05) is 6.07 Å². The molecule has 1 aliphatic rings. The number of hydrogen-bond acceptors (Lipinski definition) is 4. The number of halogens is 1. The molecule has 0 unspecified atom stereocenters. The number of pyridine rings is 1. The minimum atomic E-state index is -3.71. The number of nitrogens with zero attached hydrogens (tertiary/aromatic N) is 3. The standard InChI is InChI=1S/C16H17ClN4O3S/c17-14-4-5-15(19-11-14)12-2-1-3-13(10-12)16(22)20-6-8-21(9-7-20)25(18,23)24/h1-5,10-11H,6-9H2,(H2,18,23,24). The van der Waals surface area contributed by atoms with E-state index >= 15 is 0 Å².